The van der Waals surface area contributed by atoms with Gasteiger partial charge in [0, 0.05) is 12.6 Å². The van der Waals surface area contributed by atoms with E-state index in [0.29, 0.717) is 5.56 Å². The molecule has 0 aromatic heterocycles. The second kappa shape index (κ2) is 3.50. The van der Waals surface area contributed by atoms with Gasteiger partial charge < -0.3 is 5.32 Å². The Morgan fingerprint density at radius 2 is 2.14 bits per heavy atom. The summed E-state index contributed by atoms with van der Waals surface area (Å²) in [6.45, 7) is 0. The first-order valence-corrected chi connectivity index (χ1v) is 4.43. The molecular formula is C12H10NO. The smallest absolute Gasteiger partial charge is 0.251 e. The van der Waals surface area contributed by atoms with E-state index in [2.05, 4.69) is 11.4 Å². The van der Waals surface area contributed by atoms with Crippen molar-refractivity contribution in [2.24, 2.45) is 0 Å². The van der Waals surface area contributed by atoms with Gasteiger partial charge in [-0.1, -0.05) is 18.2 Å². The maximum atomic E-state index is 11.3. The van der Waals surface area contributed by atoms with Crippen LogP contribution in [0.15, 0.2) is 36.4 Å². The Bertz CT molecular complexity index is 476. The van der Waals surface area contributed by atoms with Crippen molar-refractivity contribution < 1.29 is 4.79 Å². The third kappa shape index (κ3) is 1.46. The number of hydrogen-bond donors (Lipinski definition) is 1. The van der Waals surface area contributed by atoms with Gasteiger partial charge >= 0.3 is 0 Å². The average Bonchev–Trinajstić information content (AvgIpc) is 2.27. The average molecular weight is 184 g/mol. The SMILES string of the molecule is CNC(=O)c1ccc2c[c]ccc2c1. The van der Waals surface area contributed by atoms with Gasteiger partial charge in [0.15, 0.2) is 0 Å². The monoisotopic (exact) mass is 184 g/mol. The van der Waals surface area contributed by atoms with Crippen molar-refractivity contribution >= 4 is 16.7 Å². The minimum Gasteiger partial charge on any atom is -0.355 e. The molecule has 1 amide bonds. The summed E-state index contributed by atoms with van der Waals surface area (Å²) in [5, 5.41) is 4.76. The van der Waals surface area contributed by atoms with Gasteiger partial charge in [-0.15, -0.1) is 0 Å². The maximum Gasteiger partial charge on any atom is 0.251 e. The molecule has 14 heavy (non-hydrogen) atoms. The largest absolute Gasteiger partial charge is 0.355 e. The Morgan fingerprint density at radius 1 is 1.29 bits per heavy atom. The third-order valence-corrected chi connectivity index (χ3v) is 2.17. The zero-order valence-corrected chi connectivity index (χ0v) is 7.87. The molecule has 1 radical (unpaired) electrons. The highest BCUT2D eigenvalue weighted by atomic mass is 16.1. The quantitative estimate of drug-likeness (QED) is 0.721. The normalized spacial score (nSPS) is 10.1. The Morgan fingerprint density at radius 3 is 2.93 bits per heavy atom. The Hall–Kier alpha value is -1.83. The molecule has 0 aliphatic carbocycles. The van der Waals surface area contributed by atoms with E-state index < -0.39 is 0 Å². The summed E-state index contributed by atoms with van der Waals surface area (Å²) in [6, 6.07) is 14.3. The van der Waals surface area contributed by atoms with Crippen LogP contribution in [0.25, 0.3) is 10.8 Å². The van der Waals surface area contributed by atoms with Crippen molar-refractivity contribution in [1.29, 1.82) is 0 Å². The summed E-state index contributed by atoms with van der Waals surface area (Å²) < 4.78 is 0. The van der Waals surface area contributed by atoms with Crippen molar-refractivity contribution in [3.8, 4) is 0 Å². The number of fused-ring (bicyclic) bond motifs is 1. The molecule has 0 fully saturated rings. The molecule has 0 atom stereocenters. The van der Waals surface area contributed by atoms with Crippen LogP contribution in [0.3, 0.4) is 0 Å². The number of hydrogen-bond acceptors (Lipinski definition) is 1. The van der Waals surface area contributed by atoms with Gasteiger partial charge in [0.25, 0.3) is 5.91 Å². The van der Waals surface area contributed by atoms with Crippen molar-refractivity contribution in [3.63, 3.8) is 0 Å². The molecule has 2 rings (SSSR count). The number of nitrogens with one attached hydrogen (secondary N) is 1. The molecule has 0 bridgehead atoms. The molecule has 2 aromatic rings. The lowest BCUT2D eigenvalue weighted by molar-refractivity contribution is 0.0963. The van der Waals surface area contributed by atoms with Crippen LogP contribution in [0.1, 0.15) is 10.4 Å². The molecule has 1 N–H and O–H groups in total. The van der Waals surface area contributed by atoms with Gasteiger partial charge in [-0.2, -0.15) is 0 Å². The van der Waals surface area contributed by atoms with E-state index in [9.17, 15) is 4.79 Å². The molecule has 69 valence electrons. The van der Waals surface area contributed by atoms with Crippen LogP contribution in [0.5, 0.6) is 0 Å². The van der Waals surface area contributed by atoms with Crippen molar-refractivity contribution in [1.82, 2.24) is 5.32 Å². The lowest BCUT2D eigenvalue weighted by Crippen LogP contribution is -2.17. The Kier molecular flexibility index (Phi) is 2.19. The second-order valence-electron chi connectivity index (χ2n) is 3.07. The number of benzene rings is 2. The number of rotatable bonds is 1. The van der Waals surface area contributed by atoms with Crippen LogP contribution in [0.4, 0.5) is 0 Å². The zero-order valence-electron chi connectivity index (χ0n) is 7.87. The van der Waals surface area contributed by atoms with Crippen molar-refractivity contribution in [2.75, 3.05) is 7.05 Å². The van der Waals surface area contributed by atoms with E-state index in [1.54, 1.807) is 7.05 Å². The van der Waals surface area contributed by atoms with Crippen LogP contribution < -0.4 is 5.32 Å². The first kappa shape index (κ1) is 8.75. The first-order valence-electron chi connectivity index (χ1n) is 4.43. The van der Waals surface area contributed by atoms with E-state index >= 15 is 0 Å². The standard InChI is InChI=1S/C12H10NO/c1-13-12(14)11-7-6-9-4-2-3-5-10(9)8-11/h3-8H,1H3,(H,13,14). The fourth-order valence-electron chi connectivity index (χ4n) is 1.41. The molecule has 0 aliphatic rings. The zero-order chi connectivity index (χ0) is 9.97. The topological polar surface area (TPSA) is 29.1 Å². The molecule has 2 aromatic carbocycles. The summed E-state index contributed by atoms with van der Waals surface area (Å²) in [7, 11) is 1.63. The lowest BCUT2D eigenvalue weighted by Gasteiger charge is -2.01. The summed E-state index contributed by atoms with van der Waals surface area (Å²) in [4.78, 5) is 11.3. The molecule has 0 unspecified atom stereocenters. The highest BCUT2D eigenvalue weighted by Gasteiger charge is 2.02. The fraction of sp³-hybridized carbons (Fsp3) is 0.0833. The van der Waals surface area contributed by atoms with E-state index in [1.807, 2.05) is 36.4 Å². The van der Waals surface area contributed by atoms with E-state index in [4.69, 9.17) is 0 Å². The van der Waals surface area contributed by atoms with E-state index in [-0.39, 0.29) is 5.91 Å². The third-order valence-electron chi connectivity index (χ3n) is 2.17. The molecule has 0 saturated heterocycles. The lowest BCUT2D eigenvalue weighted by atomic mass is 10.1. The Balaban J connectivity index is 2.56. The van der Waals surface area contributed by atoms with E-state index in [0.717, 1.165) is 10.8 Å². The highest BCUT2D eigenvalue weighted by molar-refractivity contribution is 5.98. The summed E-state index contributed by atoms with van der Waals surface area (Å²) >= 11 is 0. The second-order valence-corrected chi connectivity index (χ2v) is 3.07. The van der Waals surface area contributed by atoms with E-state index in [1.165, 1.54) is 0 Å². The van der Waals surface area contributed by atoms with Gasteiger partial charge in [0.2, 0.25) is 0 Å². The fourth-order valence-corrected chi connectivity index (χ4v) is 1.41. The molecule has 0 saturated carbocycles. The van der Waals surface area contributed by atoms with Crippen LogP contribution in [-0.2, 0) is 0 Å². The Labute approximate surface area is 82.6 Å². The van der Waals surface area contributed by atoms with Gasteiger partial charge in [-0.05, 0) is 35.0 Å². The predicted octanol–water partition coefficient (Wildman–Crippen LogP) is 2.00. The van der Waals surface area contributed by atoms with Crippen LogP contribution in [-0.4, -0.2) is 13.0 Å². The molecular weight excluding hydrogens is 174 g/mol. The summed E-state index contributed by atoms with van der Waals surface area (Å²) in [6.07, 6.45) is 0. The van der Waals surface area contributed by atoms with Gasteiger partial charge in [0.1, 0.15) is 0 Å². The predicted molar refractivity (Wildman–Crippen MR) is 56.2 cm³/mol. The number of carbonyl (C=O) groups is 1. The van der Waals surface area contributed by atoms with Crippen LogP contribution in [0.2, 0.25) is 0 Å². The van der Waals surface area contributed by atoms with Crippen LogP contribution >= 0.6 is 0 Å². The molecule has 0 aliphatic heterocycles. The minimum atomic E-state index is -0.0558. The molecule has 0 spiro atoms. The molecule has 2 heteroatoms. The van der Waals surface area contributed by atoms with Gasteiger partial charge in [-0.3, -0.25) is 4.79 Å². The summed E-state index contributed by atoms with van der Waals surface area (Å²) in [5.41, 5.74) is 0.686. The van der Waals surface area contributed by atoms with Crippen molar-refractivity contribution in [3.05, 3.63) is 48.0 Å². The highest BCUT2D eigenvalue weighted by Crippen LogP contribution is 2.14. The van der Waals surface area contributed by atoms with Crippen LogP contribution in [0, 0.1) is 6.07 Å². The minimum absolute atomic E-state index is 0.0558. The maximum absolute atomic E-state index is 11.3. The number of amides is 1. The summed E-state index contributed by atoms with van der Waals surface area (Å²) in [5.74, 6) is -0.0558. The number of carbonyl (C=O) groups excluding carboxylic acids is 1. The van der Waals surface area contributed by atoms with Crippen molar-refractivity contribution in [2.45, 2.75) is 0 Å². The van der Waals surface area contributed by atoms with Gasteiger partial charge in [-0.25, -0.2) is 0 Å². The first-order chi connectivity index (χ1) is 6.81. The molecule has 2 nitrogen and oxygen atoms in total. The molecule has 0 heterocycles. The van der Waals surface area contributed by atoms with Gasteiger partial charge in [0.05, 0.1) is 0 Å².